The SMILES string of the molecule is CCCCCOc1ccc(C#Cc2ccc(CCC)cc2)c(F)c1F. The molecule has 2 rings (SSSR count). The van der Waals surface area contributed by atoms with Crippen LogP contribution < -0.4 is 4.74 Å². The van der Waals surface area contributed by atoms with Gasteiger partial charge in [-0.15, -0.1) is 0 Å². The van der Waals surface area contributed by atoms with E-state index in [0.717, 1.165) is 37.7 Å². The van der Waals surface area contributed by atoms with Crippen molar-refractivity contribution in [2.75, 3.05) is 6.61 Å². The molecule has 25 heavy (non-hydrogen) atoms. The van der Waals surface area contributed by atoms with Crippen LogP contribution in [0.25, 0.3) is 0 Å². The number of halogens is 2. The maximum atomic E-state index is 14.1. The van der Waals surface area contributed by atoms with Gasteiger partial charge in [-0.25, -0.2) is 4.39 Å². The third-order valence-corrected chi connectivity index (χ3v) is 3.89. The van der Waals surface area contributed by atoms with Gasteiger partial charge in [-0.2, -0.15) is 4.39 Å². The minimum atomic E-state index is -0.971. The average molecular weight is 342 g/mol. The minimum absolute atomic E-state index is 0.0380. The van der Waals surface area contributed by atoms with Gasteiger partial charge in [0.2, 0.25) is 5.82 Å². The van der Waals surface area contributed by atoms with Crippen molar-refractivity contribution >= 4 is 0 Å². The molecule has 0 aliphatic heterocycles. The molecule has 3 heteroatoms. The van der Waals surface area contributed by atoms with Gasteiger partial charge in [-0.1, -0.05) is 57.1 Å². The summed E-state index contributed by atoms with van der Waals surface area (Å²) in [6.45, 7) is 4.59. The van der Waals surface area contributed by atoms with Gasteiger partial charge in [0, 0.05) is 5.56 Å². The summed E-state index contributed by atoms with van der Waals surface area (Å²) in [6, 6.07) is 10.7. The number of aryl methyl sites for hydroxylation is 1. The van der Waals surface area contributed by atoms with Gasteiger partial charge in [-0.3, -0.25) is 0 Å². The third-order valence-electron chi connectivity index (χ3n) is 3.89. The molecule has 1 nitrogen and oxygen atoms in total. The molecule has 132 valence electrons. The molecule has 0 N–H and O–H groups in total. The topological polar surface area (TPSA) is 9.23 Å². The van der Waals surface area contributed by atoms with Crippen molar-refractivity contribution < 1.29 is 13.5 Å². The predicted octanol–water partition coefficient (Wildman–Crippen LogP) is 5.89. The fourth-order valence-corrected chi connectivity index (χ4v) is 2.46. The fourth-order valence-electron chi connectivity index (χ4n) is 2.46. The van der Waals surface area contributed by atoms with Crippen LogP contribution in [0.5, 0.6) is 5.75 Å². The number of hydrogen-bond acceptors (Lipinski definition) is 1. The van der Waals surface area contributed by atoms with Crippen LogP contribution in [-0.4, -0.2) is 6.61 Å². The Labute approximate surface area is 149 Å². The number of rotatable bonds is 7. The second kappa shape index (κ2) is 9.84. The summed E-state index contributed by atoms with van der Waals surface area (Å²) in [5.41, 5.74) is 2.06. The van der Waals surface area contributed by atoms with Crippen LogP contribution in [-0.2, 0) is 6.42 Å². The summed E-state index contributed by atoms with van der Waals surface area (Å²) in [6.07, 6.45) is 4.99. The lowest BCUT2D eigenvalue weighted by Crippen LogP contribution is -2.01. The molecule has 0 saturated heterocycles. The maximum Gasteiger partial charge on any atom is 0.201 e. The highest BCUT2D eigenvalue weighted by Gasteiger charge is 2.13. The first-order chi connectivity index (χ1) is 12.2. The Kier molecular flexibility index (Phi) is 7.47. The van der Waals surface area contributed by atoms with Gasteiger partial charge in [0.1, 0.15) is 0 Å². The molecule has 0 heterocycles. The zero-order valence-electron chi connectivity index (χ0n) is 14.9. The number of benzene rings is 2. The predicted molar refractivity (Wildman–Crippen MR) is 97.8 cm³/mol. The molecule has 0 spiro atoms. The Morgan fingerprint density at radius 2 is 1.60 bits per heavy atom. The summed E-state index contributed by atoms with van der Waals surface area (Å²) < 4.78 is 33.5. The molecule has 2 aromatic rings. The summed E-state index contributed by atoms with van der Waals surface area (Å²) in [7, 11) is 0. The first-order valence-corrected chi connectivity index (χ1v) is 8.87. The average Bonchev–Trinajstić information content (AvgIpc) is 2.63. The van der Waals surface area contributed by atoms with E-state index >= 15 is 0 Å². The van der Waals surface area contributed by atoms with Crippen LogP contribution >= 0.6 is 0 Å². The highest BCUT2D eigenvalue weighted by molar-refractivity contribution is 5.46. The summed E-state index contributed by atoms with van der Waals surface area (Å²) in [4.78, 5) is 0. The Morgan fingerprint density at radius 3 is 2.28 bits per heavy atom. The van der Waals surface area contributed by atoms with E-state index in [9.17, 15) is 8.78 Å². The second-order valence-corrected chi connectivity index (χ2v) is 5.99. The fraction of sp³-hybridized carbons (Fsp3) is 0.364. The molecule has 0 aliphatic rings. The molecule has 2 aromatic carbocycles. The molecule has 0 aliphatic carbocycles. The lowest BCUT2D eigenvalue weighted by molar-refractivity contribution is 0.286. The zero-order valence-corrected chi connectivity index (χ0v) is 14.9. The van der Waals surface area contributed by atoms with Gasteiger partial charge in [-0.05, 0) is 42.7 Å². The van der Waals surface area contributed by atoms with Crippen molar-refractivity contribution in [2.24, 2.45) is 0 Å². The van der Waals surface area contributed by atoms with Crippen molar-refractivity contribution in [2.45, 2.75) is 46.0 Å². The van der Waals surface area contributed by atoms with Gasteiger partial charge in [0.05, 0.1) is 12.2 Å². The van der Waals surface area contributed by atoms with Gasteiger partial charge in [0.25, 0.3) is 0 Å². The van der Waals surface area contributed by atoms with Crippen molar-refractivity contribution in [3.05, 3.63) is 64.7 Å². The Morgan fingerprint density at radius 1 is 0.840 bits per heavy atom. The molecule has 0 amide bonds. The van der Waals surface area contributed by atoms with Crippen LogP contribution in [0.4, 0.5) is 8.78 Å². The molecule has 0 unspecified atom stereocenters. The van der Waals surface area contributed by atoms with E-state index in [2.05, 4.69) is 25.7 Å². The molecule has 0 fully saturated rings. The zero-order chi connectivity index (χ0) is 18.1. The molecular weight excluding hydrogens is 318 g/mol. The van der Waals surface area contributed by atoms with E-state index in [4.69, 9.17) is 4.74 Å². The quantitative estimate of drug-likeness (QED) is 0.450. The lowest BCUT2D eigenvalue weighted by atomic mass is 10.1. The van der Waals surface area contributed by atoms with Gasteiger partial charge < -0.3 is 4.74 Å². The Balaban J connectivity index is 2.09. The molecular formula is C22H24F2O. The van der Waals surface area contributed by atoms with E-state index in [1.807, 2.05) is 24.3 Å². The standard InChI is InChI=1S/C22H24F2O/c1-3-5-6-16-25-20-15-14-19(21(23)22(20)24)13-12-18-10-8-17(7-4-2)9-11-18/h8-11,14-15H,3-7,16H2,1-2H3. The summed E-state index contributed by atoms with van der Waals surface area (Å²) in [5, 5.41) is 0. The number of ether oxygens (including phenoxy) is 1. The van der Waals surface area contributed by atoms with Gasteiger partial charge in [0.15, 0.2) is 11.6 Å². The van der Waals surface area contributed by atoms with E-state index in [0.29, 0.717) is 6.61 Å². The van der Waals surface area contributed by atoms with E-state index < -0.39 is 11.6 Å². The summed E-state index contributed by atoms with van der Waals surface area (Å²) in [5.74, 6) is 3.61. The lowest BCUT2D eigenvalue weighted by Gasteiger charge is -2.08. The highest BCUT2D eigenvalue weighted by Crippen LogP contribution is 2.22. The highest BCUT2D eigenvalue weighted by atomic mass is 19.2. The first-order valence-electron chi connectivity index (χ1n) is 8.87. The largest absolute Gasteiger partial charge is 0.490 e. The molecule has 0 radical (unpaired) electrons. The summed E-state index contributed by atoms with van der Waals surface area (Å²) >= 11 is 0. The van der Waals surface area contributed by atoms with E-state index in [1.165, 1.54) is 17.7 Å². The van der Waals surface area contributed by atoms with Gasteiger partial charge >= 0.3 is 0 Å². The monoisotopic (exact) mass is 342 g/mol. The molecule has 0 bridgehead atoms. The molecule has 0 saturated carbocycles. The smallest absolute Gasteiger partial charge is 0.201 e. The van der Waals surface area contributed by atoms with E-state index in [-0.39, 0.29) is 11.3 Å². The Hall–Kier alpha value is -2.34. The van der Waals surface area contributed by atoms with Crippen LogP contribution in [0.2, 0.25) is 0 Å². The molecule has 0 atom stereocenters. The normalized spacial score (nSPS) is 10.2. The van der Waals surface area contributed by atoms with Crippen molar-refractivity contribution in [1.29, 1.82) is 0 Å². The van der Waals surface area contributed by atoms with Crippen LogP contribution in [0.3, 0.4) is 0 Å². The van der Waals surface area contributed by atoms with Crippen LogP contribution in [0, 0.1) is 23.5 Å². The molecule has 0 aromatic heterocycles. The van der Waals surface area contributed by atoms with Crippen LogP contribution in [0.1, 0.15) is 56.2 Å². The van der Waals surface area contributed by atoms with Crippen molar-refractivity contribution in [1.82, 2.24) is 0 Å². The maximum absolute atomic E-state index is 14.1. The van der Waals surface area contributed by atoms with E-state index in [1.54, 1.807) is 0 Å². The number of hydrogen-bond donors (Lipinski definition) is 0. The van der Waals surface area contributed by atoms with Crippen molar-refractivity contribution in [3.8, 4) is 17.6 Å². The van der Waals surface area contributed by atoms with Crippen molar-refractivity contribution in [3.63, 3.8) is 0 Å². The first kappa shape index (κ1) is 19.0. The minimum Gasteiger partial charge on any atom is -0.490 e. The Bertz CT molecular complexity index is 739. The van der Waals surface area contributed by atoms with Crippen LogP contribution in [0.15, 0.2) is 36.4 Å². The third kappa shape index (κ3) is 5.60. The second-order valence-electron chi connectivity index (χ2n) is 5.99. The number of unbranched alkanes of at least 4 members (excludes halogenated alkanes) is 2.